The zero-order chi connectivity index (χ0) is 17.0. The lowest BCUT2D eigenvalue weighted by Crippen LogP contribution is -2.41. The number of aromatic nitrogens is 2. The standard InChI is InChI=1S/C16H22N4O2S2/c1-24(21,22)12-11-20-9-7-14(8-10-20)17-16-18-15(19-23-16)13-5-3-2-4-6-13/h2-6,14H,7-12H2,1H3,(H,17,18,19). The topological polar surface area (TPSA) is 75.2 Å². The second-order valence-corrected chi connectivity index (χ2v) is 9.19. The van der Waals surface area contributed by atoms with E-state index in [1.165, 1.54) is 17.8 Å². The summed E-state index contributed by atoms with van der Waals surface area (Å²) in [5.41, 5.74) is 1.03. The maximum Gasteiger partial charge on any atom is 0.203 e. The molecule has 0 unspecified atom stereocenters. The van der Waals surface area contributed by atoms with Gasteiger partial charge < -0.3 is 10.2 Å². The van der Waals surface area contributed by atoms with Crippen molar-refractivity contribution in [2.75, 3.05) is 37.0 Å². The maximum absolute atomic E-state index is 11.2. The summed E-state index contributed by atoms with van der Waals surface area (Å²) in [7, 11) is -2.88. The minimum absolute atomic E-state index is 0.238. The molecule has 0 spiro atoms. The molecular formula is C16H22N4O2S2. The van der Waals surface area contributed by atoms with Gasteiger partial charge in [0.2, 0.25) is 5.13 Å². The molecule has 24 heavy (non-hydrogen) atoms. The summed E-state index contributed by atoms with van der Waals surface area (Å²) in [6, 6.07) is 10.3. The fraction of sp³-hybridized carbons (Fsp3) is 0.500. The molecular weight excluding hydrogens is 344 g/mol. The summed E-state index contributed by atoms with van der Waals surface area (Å²) in [4.78, 5) is 6.78. The Morgan fingerprint density at radius 1 is 1.25 bits per heavy atom. The molecule has 0 atom stereocenters. The summed E-state index contributed by atoms with van der Waals surface area (Å²) in [5.74, 6) is 0.996. The number of anilines is 1. The molecule has 1 saturated heterocycles. The lowest BCUT2D eigenvalue weighted by molar-refractivity contribution is 0.230. The number of piperidine rings is 1. The number of nitrogens with one attached hydrogen (secondary N) is 1. The number of likely N-dealkylation sites (tertiary alicyclic amines) is 1. The fourth-order valence-corrected chi connectivity index (χ4v) is 4.01. The molecule has 0 saturated carbocycles. The van der Waals surface area contributed by atoms with Crippen molar-refractivity contribution in [3.8, 4) is 11.4 Å². The summed E-state index contributed by atoms with van der Waals surface area (Å²) in [6.07, 6.45) is 3.27. The Morgan fingerprint density at radius 3 is 2.62 bits per heavy atom. The molecule has 2 heterocycles. The quantitative estimate of drug-likeness (QED) is 0.844. The minimum Gasteiger partial charge on any atom is -0.357 e. The number of sulfone groups is 1. The van der Waals surface area contributed by atoms with Crippen LogP contribution in [0.3, 0.4) is 0 Å². The molecule has 0 bridgehead atoms. The molecule has 8 heteroatoms. The molecule has 0 aliphatic carbocycles. The van der Waals surface area contributed by atoms with Crippen molar-refractivity contribution < 1.29 is 8.42 Å². The van der Waals surface area contributed by atoms with E-state index in [-0.39, 0.29) is 5.75 Å². The van der Waals surface area contributed by atoms with Crippen LogP contribution >= 0.6 is 11.5 Å². The molecule has 6 nitrogen and oxygen atoms in total. The average molecular weight is 367 g/mol. The number of hydrogen-bond donors (Lipinski definition) is 1. The lowest BCUT2D eigenvalue weighted by Gasteiger charge is -2.31. The normalized spacial score (nSPS) is 17.0. The Morgan fingerprint density at radius 2 is 1.96 bits per heavy atom. The second kappa shape index (κ2) is 7.58. The van der Waals surface area contributed by atoms with E-state index in [0.29, 0.717) is 12.6 Å². The van der Waals surface area contributed by atoms with Gasteiger partial charge in [-0.1, -0.05) is 30.3 Å². The van der Waals surface area contributed by atoms with Crippen LogP contribution in [0.4, 0.5) is 5.13 Å². The molecule has 1 aromatic carbocycles. The summed E-state index contributed by atoms with van der Waals surface area (Å²) in [5, 5.41) is 4.31. The zero-order valence-electron chi connectivity index (χ0n) is 13.7. The van der Waals surface area contributed by atoms with Gasteiger partial charge in [0.25, 0.3) is 0 Å². The van der Waals surface area contributed by atoms with Crippen LogP contribution < -0.4 is 5.32 Å². The number of nitrogens with zero attached hydrogens (tertiary/aromatic N) is 3. The summed E-state index contributed by atoms with van der Waals surface area (Å²) >= 11 is 1.39. The third-order valence-corrected chi connectivity index (χ3v) is 5.72. The van der Waals surface area contributed by atoms with Gasteiger partial charge in [-0.15, -0.1) is 0 Å². The van der Waals surface area contributed by atoms with Gasteiger partial charge in [0, 0.05) is 49.0 Å². The van der Waals surface area contributed by atoms with Crippen LogP contribution in [0.25, 0.3) is 11.4 Å². The molecule has 0 amide bonds. The van der Waals surface area contributed by atoms with Crippen molar-refractivity contribution in [1.29, 1.82) is 0 Å². The molecule has 1 aliphatic heterocycles. The third-order valence-electron chi connectivity index (χ3n) is 4.15. The first-order valence-corrected chi connectivity index (χ1v) is 10.9. The van der Waals surface area contributed by atoms with Gasteiger partial charge in [0.15, 0.2) is 5.82 Å². The monoisotopic (exact) mass is 366 g/mol. The second-order valence-electron chi connectivity index (χ2n) is 6.18. The summed E-state index contributed by atoms with van der Waals surface area (Å²) in [6.45, 7) is 2.46. The van der Waals surface area contributed by atoms with Crippen molar-refractivity contribution in [2.24, 2.45) is 0 Å². The minimum atomic E-state index is -2.88. The van der Waals surface area contributed by atoms with Crippen LogP contribution in [0.2, 0.25) is 0 Å². The highest BCUT2D eigenvalue weighted by molar-refractivity contribution is 7.90. The Balaban J connectivity index is 1.49. The van der Waals surface area contributed by atoms with Crippen molar-refractivity contribution in [1.82, 2.24) is 14.3 Å². The van der Waals surface area contributed by atoms with Crippen molar-refractivity contribution in [2.45, 2.75) is 18.9 Å². The van der Waals surface area contributed by atoms with E-state index in [1.54, 1.807) is 0 Å². The first-order valence-electron chi connectivity index (χ1n) is 8.05. The fourth-order valence-electron chi connectivity index (χ4n) is 2.76. The predicted molar refractivity (Wildman–Crippen MR) is 98.1 cm³/mol. The lowest BCUT2D eigenvalue weighted by atomic mass is 10.1. The molecule has 2 aromatic rings. The first kappa shape index (κ1) is 17.3. The number of benzene rings is 1. The highest BCUT2D eigenvalue weighted by Gasteiger charge is 2.21. The highest BCUT2D eigenvalue weighted by atomic mass is 32.2. The predicted octanol–water partition coefficient (Wildman–Crippen LogP) is 2.13. The van der Waals surface area contributed by atoms with Gasteiger partial charge in [-0.05, 0) is 12.8 Å². The van der Waals surface area contributed by atoms with Crippen LogP contribution in [-0.4, -0.2) is 60.4 Å². The van der Waals surface area contributed by atoms with E-state index < -0.39 is 9.84 Å². The van der Waals surface area contributed by atoms with E-state index in [4.69, 9.17) is 0 Å². The van der Waals surface area contributed by atoms with Gasteiger partial charge in [-0.25, -0.2) is 8.42 Å². The molecule has 3 rings (SSSR count). The Bertz CT molecular complexity index is 753. The van der Waals surface area contributed by atoms with Gasteiger partial charge in [-0.3, -0.25) is 0 Å². The van der Waals surface area contributed by atoms with Gasteiger partial charge in [0.05, 0.1) is 5.75 Å². The van der Waals surface area contributed by atoms with E-state index >= 15 is 0 Å². The van der Waals surface area contributed by atoms with Crippen LogP contribution in [0.15, 0.2) is 30.3 Å². The third kappa shape index (κ3) is 4.99. The summed E-state index contributed by atoms with van der Waals surface area (Å²) < 4.78 is 26.9. The van der Waals surface area contributed by atoms with E-state index in [0.717, 1.165) is 42.5 Å². The van der Waals surface area contributed by atoms with Crippen LogP contribution in [0.1, 0.15) is 12.8 Å². The van der Waals surface area contributed by atoms with Crippen molar-refractivity contribution in [3.05, 3.63) is 30.3 Å². The Hall–Kier alpha value is -1.51. The Labute approximate surface area is 147 Å². The Kier molecular flexibility index (Phi) is 5.47. The van der Waals surface area contributed by atoms with Gasteiger partial charge >= 0.3 is 0 Å². The van der Waals surface area contributed by atoms with Gasteiger partial charge in [-0.2, -0.15) is 9.36 Å². The average Bonchev–Trinajstić information content (AvgIpc) is 3.03. The number of rotatable bonds is 6. The van der Waals surface area contributed by atoms with Crippen molar-refractivity contribution >= 4 is 26.5 Å². The molecule has 1 N–H and O–H groups in total. The molecule has 1 aliphatic rings. The van der Waals surface area contributed by atoms with Crippen LogP contribution in [0.5, 0.6) is 0 Å². The van der Waals surface area contributed by atoms with Gasteiger partial charge in [0.1, 0.15) is 9.84 Å². The van der Waals surface area contributed by atoms with E-state index in [9.17, 15) is 8.42 Å². The van der Waals surface area contributed by atoms with E-state index in [2.05, 4.69) is 19.6 Å². The molecule has 1 fully saturated rings. The molecule has 130 valence electrons. The smallest absolute Gasteiger partial charge is 0.203 e. The van der Waals surface area contributed by atoms with E-state index in [1.807, 2.05) is 30.3 Å². The molecule has 0 radical (unpaired) electrons. The zero-order valence-corrected chi connectivity index (χ0v) is 15.3. The highest BCUT2D eigenvalue weighted by Crippen LogP contribution is 2.23. The van der Waals surface area contributed by atoms with Crippen LogP contribution in [-0.2, 0) is 9.84 Å². The number of hydrogen-bond acceptors (Lipinski definition) is 7. The van der Waals surface area contributed by atoms with Crippen molar-refractivity contribution in [3.63, 3.8) is 0 Å². The maximum atomic E-state index is 11.2. The largest absolute Gasteiger partial charge is 0.357 e. The van der Waals surface area contributed by atoms with Crippen LogP contribution in [0, 0.1) is 0 Å². The molecule has 1 aromatic heterocycles. The first-order chi connectivity index (χ1) is 11.5. The SMILES string of the molecule is CS(=O)(=O)CCN1CCC(Nc2nc(-c3ccccc3)ns2)CC1.